The van der Waals surface area contributed by atoms with Crippen LogP contribution in [0.15, 0.2) is 30.3 Å². The van der Waals surface area contributed by atoms with E-state index in [1.807, 2.05) is 30.3 Å². The molecule has 1 aromatic carbocycles. The third kappa shape index (κ3) is 4.23. The molecule has 1 N–H and O–H groups in total. The van der Waals surface area contributed by atoms with Gasteiger partial charge in [-0.05, 0) is 38.7 Å². The Morgan fingerprint density at radius 3 is 2.41 bits per heavy atom. The van der Waals surface area contributed by atoms with Crippen LogP contribution in [0.4, 0.5) is 4.79 Å². The highest BCUT2D eigenvalue weighted by atomic mass is 16.6. The topological polar surface area (TPSA) is 66.8 Å². The van der Waals surface area contributed by atoms with Gasteiger partial charge in [0.25, 0.3) is 0 Å². The summed E-state index contributed by atoms with van der Waals surface area (Å²) in [5.74, 6) is -1.49. The minimum absolute atomic E-state index is 0.0904. The maximum Gasteiger partial charge on any atom is 0.410 e. The van der Waals surface area contributed by atoms with Crippen LogP contribution in [0.25, 0.3) is 0 Å². The Morgan fingerprint density at radius 2 is 1.86 bits per heavy atom. The lowest BCUT2D eigenvalue weighted by molar-refractivity contribution is -0.142. The Balaban J connectivity index is 2.06. The zero-order valence-electron chi connectivity index (χ0n) is 13.3. The van der Waals surface area contributed by atoms with Crippen molar-refractivity contribution >= 4 is 12.1 Å². The maximum atomic E-state index is 12.1. The highest BCUT2D eigenvalue weighted by Gasteiger charge is 2.40. The van der Waals surface area contributed by atoms with E-state index in [0.717, 1.165) is 5.56 Å². The minimum atomic E-state index is -0.855. The number of hydrogen-bond acceptors (Lipinski definition) is 3. The fourth-order valence-corrected chi connectivity index (χ4v) is 2.75. The molecule has 1 aliphatic heterocycles. The van der Waals surface area contributed by atoms with E-state index in [9.17, 15) is 14.7 Å². The molecule has 5 nitrogen and oxygen atoms in total. The summed E-state index contributed by atoms with van der Waals surface area (Å²) >= 11 is 0. The molecular weight excluding hydrogens is 282 g/mol. The number of rotatable bonds is 3. The Hall–Kier alpha value is -2.04. The van der Waals surface area contributed by atoms with Crippen molar-refractivity contribution in [2.24, 2.45) is 11.8 Å². The van der Waals surface area contributed by atoms with Crippen LogP contribution in [0.1, 0.15) is 26.3 Å². The van der Waals surface area contributed by atoms with Crippen LogP contribution >= 0.6 is 0 Å². The number of likely N-dealkylation sites (tertiary alicyclic amines) is 1. The molecule has 1 amide bonds. The quantitative estimate of drug-likeness (QED) is 0.932. The van der Waals surface area contributed by atoms with Crippen molar-refractivity contribution in [1.29, 1.82) is 0 Å². The highest BCUT2D eigenvalue weighted by Crippen LogP contribution is 2.28. The molecule has 2 atom stereocenters. The first-order valence-corrected chi connectivity index (χ1v) is 7.51. The second kappa shape index (κ2) is 6.38. The summed E-state index contributed by atoms with van der Waals surface area (Å²) in [6.07, 6.45) is 0.214. The normalized spacial score (nSPS) is 21.7. The van der Waals surface area contributed by atoms with Crippen LogP contribution in [-0.4, -0.2) is 40.8 Å². The number of carbonyl (C=O) groups excluding carboxylic acids is 1. The van der Waals surface area contributed by atoms with E-state index in [1.165, 1.54) is 4.90 Å². The van der Waals surface area contributed by atoms with Crippen LogP contribution in [0.2, 0.25) is 0 Å². The van der Waals surface area contributed by atoms with Crippen molar-refractivity contribution in [2.75, 3.05) is 13.1 Å². The van der Waals surface area contributed by atoms with Gasteiger partial charge in [0.15, 0.2) is 0 Å². The SMILES string of the molecule is CC(C)(C)OC(=O)N1C[C@@H](Cc2ccccc2)[C@@H](C(=O)O)C1. The molecule has 0 radical (unpaired) electrons. The number of carboxylic acids is 1. The predicted octanol–water partition coefficient (Wildman–Crippen LogP) is 2.80. The largest absolute Gasteiger partial charge is 0.481 e. The smallest absolute Gasteiger partial charge is 0.410 e. The summed E-state index contributed by atoms with van der Waals surface area (Å²) in [5, 5.41) is 9.42. The molecule has 0 bridgehead atoms. The van der Waals surface area contributed by atoms with Gasteiger partial charge in [-0.2, -0.15) is 0 Å². The van der Waals surface area contributed by atoms with Gasteiger partial charge in [-0.1, -0.05) is 30.3 Å². The maximum absolute atomic E-state index is 12.1. The Morgan fingerprint density at radius 1 is 1.23 bits per heavy atom. The minimum Gasteiger partial charge on any atom is -0.481 e. The molecule has 120 valence electrons. The van der Waals surface area contributed by atoms with E-state index >= 15 is 0 Å². The third-order valence-corrected chi connectivity index (χ3v) is 3.75. The van der Waals surface area contributed by atoms with E-state index in [4.69, 9.17) is 4.74 Å². The molecule has 0 unspecified atom stereocenters. The van der Waals surface area contributed by atoms with Gasteiger partial charge < -0.3 is 14.7 Å². The lowest BCUT2D eigenvalue weighted by Gasteiger charge is -2.24. The summed E-state index contributed by atoms with van der Waals surface area (Å²) in [4.78, 5) is 25.1. The summed E-state index contributed by atoms with van der Waals surface area (Å²) in [7, 11) is 0. The molecule has 0 aliphatic carbocycles. The molecule has 22 heavy (non-hydrogen) atoms. The van der Waals surface area contributed by atoms with Gasteiger partial charge in [0.05, 0.1) is 5.92 Å². The average Bonchev–Trinajstić information content (AvgIpc) is 2.82. The first-order chi connectivity index (χ1) is 10.3. The molecule has 0 spiro atoms. The molecular formula is C17H23NO4. The standard InChI is InChI=1S/C17H23NO4/c1-17(2,3)22-16(21)18-10-13(14(11-18)15(19)20)9-12-7-5-4-6-8-12/h4-8,13-14H,9-11H2,1-3H3,(H,19,20)/t13-,14+/m1/s1. The summed E-state index contributed by atoms with van der Waals surface area (Å²) < 4.78 is 5.34. The Labute approximate surface area is 130 Å². The van der Waals surface area contributed by atoms with Gasteiger partial charge >= 0.3 is 12.1 Å². The van der Waals surface area contributed by atoms with Crippen molar-refractivity contribution < 1.29 is 19.4 Å². The van der Waals surface area contributed by atoms with Gasteiger partial charge in [-0.15, -0.1) is 0 Å². The van der Waals surface area contributed by atoms with E-state index in [0.29, 0.717) is 13.0 Å². The third-order valence-electron chi connectivity index (χ3n) is 3.75. The first kappa shape index (κ1) is 16.3. The average molecular weight is 305 g/mol. The van der Waals surface area contributed by atoms with E-state index < -0.39 is 23.6 Å². The molecule has 5 heteroatoms. The number of carbonyl (C=O) groups is 2. The van der Waals surface area contributed by atoms with Crippen molar-refractivity contribution in [3.8, 4) is 0 Å². The molecule has 1 aromatic rings. The second-order valence-electron chi connectivity index (χ2n) is 6.78. The van der Waals surface area contributed by atoms with Crippen LogP contribution in [-0.2, 0) is 16.0 Å². The number of hydrogen-bond donors (Lipinski definition) is 1. The second-order valence-corrected chi connectivity index (χ2v) is 6.78. The molecule has 1 aliphatic rings. The van der Waals surface area contributed by atoms with Gasteiger partial charge in [0, 0.05) is 13.1 Å². The molecule has 0 saturated carbocycles. The number of nitrogens with zero attached hydrogens (tertiary/aromatic N) is 1. The molecule has 2 rings (SSSR count). The highest BCUT2D eigenvalue weighted by molar-refractivity contribution is 5.74. The number of amides is 1. The van der Waals surface area contributed by atoms with Crippen molar-refractivity contribution in [3.05, 3.63) is 35.9 Å². The van der Waals surface area contributed by atoms with Crippen molar-refractivity contribution in [3.63, 3.8) is 0 Å². The number of benzene rings is 1. The molecule has 1 heterocycles. The van der Waals surface area contributed by atoms with Crippen molar-refractivity contribution in [2.45, 2.75) is 32.8 Å². The van der Waals surface area contributed by atoms with Gasteiger partial charge in [-0.3, -0.25) is 4.79 Å². The molecule has 1 fully saturated rings. The zero-order chi connectivity index (χ0) is 16.3. The van der Waals surface area contributed by atoms with Gasteiger partial charge in [0.2, 0.25) is 0 Å². The van der Waals surface area contributed by atoms with Crippen LogP contribution < -0.4 is 0 Å². The monoisotopic (exact) mass is 305 g/mol. The lowest BCUT2D eigenvalue weighted by atomic mass is 9.90. The molecule has 0 aromatic heterocycles. The van der Waals surface area contributed by atoms with Crippen LogP contribution in [0, 0.1) is 11.8 Å². The van der Waals surface area contributed by atoms with Gasteiger partial charge in [0.1, 0.15) is 5.60 Å². The van der Waals surface area contributed by atoms with E-state index in [2.05, 4.69) is 0 Å². The fourth-order valence-electron chi connectivity index (χ4n) is 2.75. The van der Waals surface area contributed by atoms with E-state index in [1.54, 1.807) is 20.8 Å². The van der Waals surface area contributed by atoms with Crippen molar-refractivity contribution in [1.82, 2.24) is 4.90 Å². The van der Waals surface area contributed by atoms with Gasteiger partial charge in [-0.25, -0.2) is 4.79 Å². The summed E-state index contributed by atoms with van der Waals surface area (Å²) in [6, 6.07) is 9.77. The van der Waals surface area contributed by atoms with Crippen LogP contribution in [0.3, 0.4) is 0 Å². The first-order valence-electron chi connectivity index (χ1n) is 7.51. The Bertz CT molecular complexity index is 535. The summed E-state index contributed by atoms with van der Waals surface area (Å²) in [5.41, 5.74) is 0.512. The van der Waals surface area contributed by atoms with E-state index in [-0.39, 0.29) is 12.5 Å². The van der Waals surface area contributed by atoms with Crippen LogP contribution in [0.5, 0.6) is 0 Å². The fraction of sp³-hybridized carbons (Fsp3) is 0.529. The zero-order valence-corrected chi connectivity index (χ0v) is 13.3. The number of carboxylic acid groups (broad SMARTS) is 1. The predicted molar refractivity (Wildman–Crippen MR) is 82.6 cm³/mol. The lowest BCUT2D eigenvalue weighted by Crippen LogP contribution is -2.36. The number of aliphatic carboxylic acids is 1. The number of ether oxygens (including phenoxy) is 1. The molecule has 1 saturated heterocycles. The summed E-state index contributed by atoms with van der Waals surface area (Å²) in [6.45, 7) is 6.04. The Kier molecular flexibility index (Phi) is 4.74.